The molecular formula is C10H14FNO4S. The van der Waals surface area contributed by atoms with Crippen molar-refractivity contribution in [1.29, 1.82) is 0 Å². The van der Waals surface area contributed by atoms with Gasteiger partial charge in [0.2, 0.25) is 0 Å². The van der Waals surface area contributed by atoms with E-state index in [2.05, 4.69) is 10.3 Å². The molecule has 0 aliphatic rings. The average Bonchev–Trinajstić information content (AvgIpc) is 2.24. The SMILES string of the molecule is CONCc1cc(F)cc(S(C)(=O)=O)c1OC. The van der Waals surface area contributed by atoms with E-state index in [1.165, 1.54) is 20.3 Å². The molecule has 7 heteroatoms. The first-order chi connectivity index (χ1) is 7.90. The van der Waals surface area contributed by atoms with Gasteiger partial charge in [0.25, 0.3) is 0 Å². The van der Waals surface area contributed by atoms with Gasteiger partial charge in [-0.2, -0.15) is 5.48 Å². The van der Waals surface area contributed by atoms with Crippen LogP contribution in [0.25, 0.3) is 0 Å². The van der Waals surface area contributed by atoms with Gasteiger partial charge in [-0.15, -0.1) is 0 Å². The average molecular weight is 263 g/mol. The van der Waals surface area contributed by atoms with Crippen molar-refractivity contribution < 1.29 is 22.4 Å². The van der Waals surface area contributed by atoms with E-state index in [1.54, 1.807) is 0 Å². The number of rotatable bonds is 5. The summed E-state index contributed by atoms with van der Waals surface area (Å²) in [6, 6.07) is 2.13. The Kier molecular flexibility index (Phi) is 4.44. The molecule has 0 aliphatic heterocycles. The lowest BCUT2D eigenvalue weighted by atomic mass is 10.2. The fourth-order valence-corrected chi connectivity index (χ4v) is 2.29. The van der Waals surface area contributed by atoms with E-state index in [9.17, 15) is 12.8 Å². The Bertz CT molecular complexity index is 501. The van der Waals surface area contributed by atoms with Gasteiger partial charge in [-0.25, -0.2) is 12.8 Å². The standard InChI is InChI=1S/C10H14FNO4S/c1-15-10-7(6-12-16-2)4-8(11)5-9(10)17(3,13)14/h4-5,12H,6H2,1-3H3. The molecule has 1 rings (SSSR count). The topological polar surface area (TPSA) is 64.6 Å². The highest BCUT2D eigenvalue weighted by molar-refractivity contribution is 7.90. The van der Waals surface area contributed by atoms with Gasteiger partial charge in [-0.05, 0) is 12.1 Å². The van der Waals surface area contributed by atoms with Crippen molar-refractivity contribution in [1.82, 2.24) is 5.48 Å². The summed E-state index contributed by atoms with van der Waals surface area (Å²) in [5.41, 5.74) is 2.87. The number of hydrogen-bond acceptors (Lipinski definition) is 5. The van der Waals surface area contributed by atoms with Crippen LogP contribution in [0.15, 0.2) is 17.0 Å². The molecular weight excluding hydrogens is 249 g/mol. The van der Waals surface area contributed by atoms with Crippen molar-refractivity contribution in [2.24, 2.45) is 0 Å². The molecule has 17 heavy (non-hydrogen) atoms. The molecule has 0 amide bonds. The molecule has 0 heterocycles. The minimum Gasteiger partial charge on any atom is -0.495 e. The molecule has 0 unspecified atom stereocenters. The summed E-state index contributed by atoms with van der Waals surface area (Å²) >= 11 is 0. The predicted octanol–water partition coefficient (Wildman–Crippen LogP) is 0.889. The second-order valence-corrected chi connectivity index (χ2v) is 5.38. The third-order valence-electron chi connectivity index (χ3n) is 2.11. The van der Waals surface area contributed by atoms with Crippen LogP contribution in [0.3, 0.4) is 0 Å². The number of benzene rings is 1. The van der Waals surface area contributed by atoms with Crippen LogP contribution in [-0.4, -0.2) is 28.9 Å². The van der Waals surface area contributed by atoms with Crippen molar-refractivity contribution in [3.8, 4) is 5.75 Å². The third-order valence-corrected chi connectivity index (χ3v) is 3.21. The second-order valence-electron chi connectivity index (χ2n) is 3.39. The molecule has 0 aromatic heterocycles. The molecule has 0 saturated heterocycles. The Morgan fingerprint density at radius 1 is 1.35 bits per heavy atom. The molecule has 0 fully saturated rings. The van der Waals surface area contributed by atoms with Crippen LogP contribution in [0.1, 0.15) is 5.56 Å². The maximum Gasteiger partial charge on any atom is 0.179 e. The summed E-state index contributed by atoms with van der Waals surface area (Å²) in [6.45, 7) is 0.139. The molecule has 96 valence electrons. The van der Waals surface area contributed by atoms with Gasteiger partial charge in [0, 0.05) is 18.4 Å². The smallest absolute Gasteiger partial charge is 0.179 e. The van der Waals surface area contributed by atoms with Crippen LogP contribution >= 0.6 is 0 Å². The summed E-state index contributed by atoms with van der Waals surface area (Å²) in [6.07, 6.45) is 0.998. The van der Waals surface area contributed by atoms with Gasteiger partial charge >= 0.3 is 0 Å². The number of hydrogen-bond donors (Lipinski definition) is 1. The predicted molar refractivity (Wildman–Crippen MR) is 59.9 cm³/mol. The summed E-state index contributed by atoms with van der Waals surface area (Å²) in [7, 11) is -0.812. The fraction of sp³-hybridized carbons (Fsp3) is 0.400. The first-order valence-electron chi connectivity index (χ1n) is 4.72. The zero-order chi connectivity index (χ0) is 13.1. The zero-order valence-electron chi connectivity index (χ0n) is 9.78. The highest BCUT2D eigenvalue weighted by Crippen LogP contribution is 2.29. The summed E-state index contributed by atoms with van der Waals surface area (Å²) < 4.78 is 41.3. The number of methoxy groups -OCH3 is 1. The quantitative estimate of drug-likeness (QED) is 0.799. The molecule has 1 aromatic rings. The first-order valence-corrected chi connectivity index (χ1v) is 6.61. The van der Waals surface area contributed by atoms with Crippen LogP contribution in [0.2, 0.25) is 0 Å². The molecule has 0 aliphatic carbocycles. The first kappa shape index (κ1) is 13.9. The lowest BCUT2D eigenvalue weighted by Gasteiger charge is -2.13. The molecule has 1 aromatic carbocycles. The van der Waals surface area contributed by atoms with Crippen molar-refractivity contribution in [2.75, 3.05) is 20.5 Å². The Morgan fingerprint density at radius 3 is 2.47 bits per heavy atom. The van der Waals surface area contributed by atoms with Crippen LogP contribution < -0.4 is 10.2 Å². The molecule has 0 atom stereocenters. The number of sulfone groups is 1. The zero-order valence-corrected chi connectivity index (χ0v) is 10.6. The molecule has 0 spiro atoms. The van der Waals surface area contributed by atoms with Crippen molar-refractivity contribution in [2.45, 2.75) is 11.4 Å². The summed E-state index contributed by atoms with van der Waals surface area (Å²) in [5.74, 6) is -0.516. The number of hydroxylamine groups is 1. The molecule has 0 bridgehead atoms. The van der Waals surface area contributed by atoms with Crippen molar-refractivity contribution in [3.05, 3.63) is 23.5 Å². The van der Waals surface area contributed by atoms with Gasteiger partial charge in [-0.1, -0.05) is 0 Å². The Hall–Kier alpha value is -1.18. The van der Waals surface area contributed by atoms with E-state index in [4.69, 9.17) is 4.74 Å². The molecule has 5 nitrogen and oxygen atoms in total. The minimum absolute atomic E-state index is 0.124. The van der Waals surface area contributed by atoms with Gasteiger partial charge in [0.15, 0.2) is 9.84 Å². The molecule has 1 N–H and O–H groups in total. The van der Waals surface area contributed by atoms with E-state index in [1.807, 2.05) is 0 Å². The minimum atomic E-state index is -3.55. The lowest BCUT2D eigenvalue weighted by Crippen LogP contribution is -2.13. The maximum atomic E-state index is 13.3. The fourth-order valence-electron chi connectivity index (χ4n) is 1.41. The van der Waals surface area contributed by atoms with E-state index in [0.717, 1.165) is 12.3 Å². The highest BCUT2D eigenvalue weighted by atomic mass is 32.2. The highest BCUT2D eigenvalue weighted by Gasteiger charge is 2.19. The van der Waals surface area contributed by atoms with E-state index >= 15 is 0 Å². The summed E-state index contributed by atoms with van der Waals surface area (Å²) in [5, 5.41) is 0. The van der Waals surface area contributed by atoms with Crippen LogP contribution in [0.5, 0.6) is 5.75 Å². The van der Waals surface area contributed by atoms with E-state index in [0.29, 0.717) is 5.56 Å². The number of nitrogens with one attached hydrogen (secondary N) is 1. The van der Waals surface area contributed by atoms with Crippen LogP contribution in [-0.2, 0) is 21.2 Å². The van der Waals surface area contributed by atoms with Gasteiger partial charge in [-0.3, -0.25) is 0 Å². The normalized spacial score (nSPS) is 11.5. The lowest BCUT2D eigenvalue weighted by molar-refractivity contribution is 0.0859. The molecule has 0 radical (unpaired) electrons. The van der Waals surface area contributed by atoms with Crippen molar-refractivity contribution >= 4 is 9.84 Å². The van der Waals surface area contributed by atoms with Crippen LogP contribution in [0, 0.1) is 5.82 Å². The van der Waals surface area contributed by atoms with Gasteiger partial charge in [0.05, 0.1) is 14.2 Å². The monoisotopic (exact) mass is 263 g/mol. The van der Waals surface area contributed by atoms with E-state index < -0.39 is 15.7 Å². The number of ether oxygens (including phenoxy) is 1. The Labute approximate surface area is 99.4 Å². The maximum absolute atomic E-state index is 13.3. The third kappa shape index (κ3) is 3.39. The van der Waals surface area contributed by atoms with Gasteiger partial charge in [0.1, 0.15) is 16.5 Å². The Morgan fingerprint density at radius 2 is 2.00 bits per heavy atom. The number of halogens is 1. The summed E-state index contributed by atoms with van der Waals surface area (Å²) in [4.78, 5) is 4.46. The van der Waals surface area contributed by atoms with Gasteiger partial charge < -0.3 is 9.57 Å². The Balaban J connectivity index is 3.35. The second kappa shape index (κ2) is 5.44. The van der Waals surface area contributed by atoms with Crippen molar-refractivity contribution in [3.63, 3.8) is 0 Å². The van der Waals surface area contributed by atoms with E-state index in [-0.39, 0.29) is 17.2 Å². The molecule has 0 saturated carbocycles. The van der Waals surface area contributed by atoms with Crippen LogP contribution in [0.4, 0.5) is 4.39 Å². The largest absolute Gasteiger partial charge is 0.495 e.